The van der Waals surface area contributed by atoms with Crippen molar-refractivity contribution in [2.24, 2.45) is 0 Å². The summed E-state index contributed by atoms with van der Waals surface area (Å²) in [7, 11) is 1.72. The summed E-state index contributed by atoms with van der Waals surface area (Å²) in [5.74, 6) is 0.907. The van der Waals surface area contributed by atoms with E-state index in [1.807, 2.05) is 18.2 Å². The first-order chi connectivity index (χ1) is 15.7. The molecule has 1 heterocycles. The van der Waals surface area contributed by atoms with Gasteiger partial charge in [0.05, 0.1) is 18.7 Å². The molecular formula is C29H24ClNO. The summed E-state index contributed by atoms with van der Waals surface area (Å²) in [6, 6.07) is 35.7. The van der Waals surface area contributed by atoms with E-state index < -0.39 is 0 Å². The van der Waals surface area contributed by atoms with E-state index in [0.29, 0.717) is 0 Å². The van der Waals surface area contributed by atoms with Crippen LogP contribution in [-0.2, 0) is 6.42 Å². The number of benzene rings is 4. The molecule has 0 N–H and O–H groups in total. The summed E-state index contributed by atoms with van der Waals surface area (Å²) in [6.45, 7) is 0. The quantitative estimate of drug-likeness (QED) is 0.267. The number of halogens is 1. The third kappa shape index (κ3) is 3.90. The predicted octanol–water partition coefficient (Wildman–Crippen LogP) is 7.53. The van der Waals surface area contributed by atoms with Crippen molar-refractivity contribution < 1.29 is 4.74 Å². The van der Waals surface area contributed by atoms with Gasteiger partial charge in [-0.25, -0.2) is 0 Å². The van der Waals surface area contributed by atoms with E-state index >= 15 is 0 Å². The number of hydrogen-bond donors (Lipinski definition) is 0. The van der Waals surface area contributed by atoms with Crippen LogP contribution in [0, 0.1) is 0 Å². The maximum Gasteiger partial charge on any atom is 0.122 e. The molecule has 0 aliphatic rings. The summed E-state index contributed by atoms with van der Waals surface area (Å²) in [4.78, 5) is 0. The molecular weight excluding hydrogens is 414 g/mol. The van der Waals surface area contributed by atoms with E-state index in [9.17, 15) is 0 Å². The number of methoxy groups -OCH3 is 1. The zero-order valence-corrected chi connectivity index (χ0v) is 18.7. The van der Waals surface area contributed by atoms with Gasteiger partial charge in [-0.05, 0) is 40.5 Å². The molecule has 3 heteroatoms. The summed E-state index contributed by atoms with van der Waals surface area (Å²) >= 11 is 6.47. The number of para-hydroxylation sites is 1. The Morgan fingerprint density at radius 3 is 2.03 bits per heavy atom. The highest BCUT2D eigenvalue weighted by Gasteiger charge is 2.21. The Morgan fingerprint density at radius 1 is 0.750 bits per heavy atom. The first-order valence-corrected chi connectivity index (χ1v) is 11.1. The Bertz CT molecular complexity index is 1300. The topological polar surface area (TPSA) is 14.2 Å². The van der Waals surface area contributed by atoms with Gasteiger partial charge in [0.1, 0.15) is 5.75 Å². The fourth-order valence-electron chi connectivity index (χ4n) is 4.49. The molecule has 158 valence electrons. The van der Waals surface area contributed by atoms with Crippen molar-refractivity contribution in [3.05, 3.63) is 137 Å². The van der Waals surface area contributed by atoms with Crippen LogP contribution in [0.1, 0.15) is 28.3 Å². The zero-order chi connectivity index (χ0) is 21.9. The molecule has 0 bridgehead atoms. The second-order valence-corrected chi connectivity index (χ2v) is 8.37. The first-order valence-electron chi connectivity index (χ1n) is 10.8. The number of hydrogen-bond acceptors (Lipinski definition) is 1. The van der Waals surface area contributed by atoms with Crippen molar-refractivity contribution >= 4 is 22.5 Å². The van der Waals surface area contributed by atoms with Crippen molar-refractivity contribution in [3.63, 3.8) is 0 Å². The van der Waals surface area contributed by atoms with Gasteiger partial charge in [-0.3, -0.25) is 0 Å². The SMILES string of the molecule is COc1ccccc1Cc1cn(C(c2ccccc2)c2ccccc2)c2cc(Cl)ccc12. The van der Waals surface area contributed by atoms with E-state index in [1.165, 1.54) is 27.6 Å². The smallest absolute Gasteiger partial charge is 0.122 e. The number of fused-ring (bicyclic) bond motifs is 1. The molecule has 32 heavy (non-hydrogen) atoms. The lowest BCUT2D eigenvalue weighted by molar-refractivity contribution is 0.410. The standard InChI is InChI=1S/C29H24ClNO/c1-32-28-15-9-8-14-23(28)18-24-20-31(27-19-25(30)16-17-26(24)27)29(21-10-4-2-5-11-21)22-12-6-3-7-13-22/h2-17,19-20,29H,18H2,1H3. The van der Waals surface area contributed by atoms with Crippen LogP contribution >= 0.6 is 11.6 Å². The molecule has 2 nitrogen and oxygen atoms in total. The molecule has 0 spiro atoms. The van der Waals surface area contributed by atoms with Crippen LogP contribution in [0.15, 0.2) is 109 Å². The van der Waals surface area contributed by atoms with Crippen LogP contribution in [0.5, 0.6) is 5.75 Å². The first kappa shape index (κ1) is 20.4. The molecule has 5 rings (SSSR count). The van der Waals surface area contributed by atoms with Crippen molar-refractivity contribution in [1.82, 2.24) is 4.57 Å². The predicted molar refractivity (Wildman–Crippen MR) is 133 cm³/mol. The lowest BCUT2D eigenvalue weighted by Gasteiger charge is -2.21. The molecule has 0 aliphatic heterocycles. The van der Waals surface area contributed by atoms with Crippen molar-refractivity contribution in [3.8, 4) is 5.75 Å². The minimum absolute atomic E-state index is 0.0461. The lowest BCUT2D eigenvalue weighted by atomic mass is 9.98. The number of aromatic nitrogens is 1. The van der Waals surface area contributed by atoms with Gasteiger partial charge in [-0.15, -0.1) is 0 Å². The highest BCUT2D eigenvalue weighted by molar-refractivity contribution is 6.31. The molecule has 0 saturated carbocycles. The summed E-state index contributed by atoms with van der Waals surface area (Å²) in [5, 5.41) is 1.94. The number of nitrogens with zero attached hydrogens (tertiary/aromatic N) is 1. The molecule has 1 aromatic heterocycles. The highest BCUT2D eigenvalue weighted by Crippen LogP contribution is 2.35. The number of rotatable bonds is 6. The third-order valence-corrected chi connectivity index (χ3v) is 6.20. The summed E-state index contributed by atoms with van der Waals surface area (Å²) in [5.41, 5.74) is 6.01. The van der Waals surface area contributed by atoms with Crippen molar-refractivity contribution in [1.29, 1.82) is 0 Å². The average Bonchev–Trinajstić information content (AvgIpc) is 3.18. The van der Waals surface area contributed by atoms with Gasteiger partial charge in [0.15, 0.2) is 0 Å². The summed E-state index contributed by atoms with van der Waals surface area (Å²) in [6.07, 6.45) is 3.06. The Labute approximate surface area is 193 Å². The Balaban J connectivity index is 1.71. The van der Waals surface area contributed by atoms with Gasteiger partial charge in [-0.1, -0.05) is 96.5 Å². The van der Waals surface area contributed by atoms with E-state index in [1.54, 1.807) is 7.11 Å². The molecule has 0 aliphatic carbocycles. The average molecular weight is 438 g/mol. The lowest BCUT2D eigenvalue weighted by Crippen LogP contribution is -2.11. The zero-order valence-electron chi connectivity index (χ0n) is 17.9. The van der Waals surface area contributed by atoms with Crippen LogP contribution in [0.3, 0.4) is 0 Å². The third-order valence-electron chi connectivity index (χ3n) is 5.96. The van der Waals surface area contributed by atoms with Crippen LogP contribution in [-0.4, -0.2) is 11.7 Å². The summed E-state index contributed by atoms with van der Waals surface area (Å²) < 4.78 is 7.97. The van der Waals surface area contributed by atoms with Crippen LogP contribution in [0.25, 0.3) is 10.9 Å². The van der Waals surface area contributed by atoms with E-state index in [0.717, 1.165) is 22.7 Å². The van der Waals surface area contributed by atoms with Gasteiger partial charge in [-0.2, -0.15) is 0 Å². The Hall–Kier alpha value is -3.49. The van der Waals surface area contributed by atoms with Gasteiger partial charge in [0.25, 0.3) is 0 Å². The van der Waals surface area contributed by atoms with Gasteiger partial charge >= 0.3 is 0 Å². The van der Waals surface area contributed by atoms with Crippen LogP contribution in [0.2, 0.25) is 5.02 Å². The van der Waals surface area contributed by atoms with Crippen molar-refractivity contribution in [2.45, 2.75) is 12.5 Å². The van der Waals surface area contributed by atoms with Crippen molar-refractivity contribution in [2.75, 3.05) is 7.11 Å². The maximum atomic E-state index is 6.47. The van der Waals surface area contributed by atoms with Crippen LogP contribution in [0.4, 0.5) is 0 Å². The maximum absolute atomic E-state index is 6.47. The molecule has 0 unspecified atom stereocenters. The largest absolute Gasteiger partial charge is 0.496 e. The molecule has 0 fully saturated rings. The monoisotopic (exact) mass is 437 g/mol. The molecule has 0 saturated heterocycles. The Kier molecular flexibility index (Phi) is 5.70. The normalized spacial score (nSPS) is 11.2. The van der Waals surface area contributed by atoms with Gasteiger partial charge in [0.2, 0.25) is 0 Å². The minimum atomic E-state index is 0.0461. The fraction of sp³-hybridized carbons (Fsp3) is 0.103. The minimum Gasteiger partial charge on any atom is -0.496 e. The van der Waals surface area contributed by atoms with Crippen LogP contribution < -0.4 is 4.74 Å². The number of ether oxygens (including phenoxy) is 1. The second-order valence-electron chi connectivity index (χ2n) is 7.94. The molecule has 0 radical (unpaired) electrons. The molecule has 4 aromatic carbocycles. The van der Waals surface area contributed by atoms with E-state index in [4.69, 9.17) is 16.3 Å². The molecule has 0 amide bonds. The molecule has 5 aromatic rings. The van der Waals surface area contributed by atoms with E-state index in [-0.39, 0.29) is 6.04 Å². The Morgan fingerprint density at radius 2 is 1.38 bits per heavy atom. The van der Waals surface area contributed by atoms with Gasteiger partial charge in [0, 0.05) is 23.0 Å². The van der Waals surface area contributed by atoms with Gasteiger partial charge < -0.3 is 9.30 Å². The highest BCUT2D eigenvalue weighted by atomic mass is 35.5. The second kappa shape index (κ2) is 8.94. The fourth-order valence-corrected chi connectivity index (χ4v) is 4.66. The van der Waals surface area contributed by atoms with E-state index in [2.05, 4.69) is 95.7 Å². The molecule has 0 atom stereocenters.